The Hall–Kier alpha value is -0.910. The van der Waals surface area contributed by atoms with Crippen LogP contribution in [0.5, 0.6) is 0 Å². The number of aliphatic hydroxyl groups excluding tert-OH is 1. The Balaban J connectivity index is 2.06. The molecule has 1 aromatic heterocycles. The van der Waals surface area contributed by atoms with E-state index in [9.17, 15) is 5.11 Å². The second-order valence-corrected chi connectivity index (χ2v) is 4.44. The van der Waals surface area contributed by atoms with Crippen LogP contribution in [0.2, 0.25) is 0 Å². The molecule has 1 unspecified atom stereocenters. The summed E-state index contributed by atoms with van der Waals surface area (Å²) >= 11 is 0. The summed E-state index contributed by atoms with van der Waals surface area (Å²) in [6.45, 7) is 5.70. The predicted molar refractivity (Wildman–Crippen MR) is 66.9 cm³/mol. The van der Waals surface area contributed by atoms with Gasteiger partial charge in [0.1, 0.15) is 0 Å². The zero-order valence-electron chi connectivity index (χ0n) is 10.9. The van der Waals surface area contributed by atoms with Crippen molar-refractivity contribution < 1.29 is 9.84 Å². The largest absolute Gasteiger partial charge is 0.389 e. The smallest absolute Gasteiger partial charge is 0.0897 e. The molecule has 0 aromatic carbocycles. The van der Waals surface area contributed by atoms with E-state index in [0.29, 0.717) is 13.2 Å². The maximum absolute atomic E-state index is 9.60. The first-order chi connectivity index (χ1) is 8.09. The lowest BCUT2D eigenvalue weighted by molar-refractivity contribution is 0.00651. The fraction of sp³-hybridized carbons (Fsp3) is 0.750. The number of nitrogens with zero attached hydrogens (tertiary/aromatic N) is 2. The second kappa shape index (κ2) is 7.42. The molecule has 0 amide bonds. The maximum Gasteiger partial charge on any atom is 0.0897 e. The van der Waals surface area contributed by atoms with Crippen molar-refractivity contribution in [1.29, 1.82) is 0 Å². The molecule has 1 heterocycles. The summed E-state index contributed by atoms with van der Waals surface area (Å²) in [7, 11) is 1.93. The molecule has 0 bridgehead atoms. The van der Waals surface area contributed by atoms with Gasteiger partial charge in [0.25, 0.3) is 0 Å². The summed E-state index contributed by atoms with van der Waals surface area (Å²) < 4.78 is 7.18. The third-order valence-electron chi connectivity index (χ3n) is 2.48. The molecule has 1 atom stereocenters. The predicted octanol–water partition coefficient (Wildman–Crippen LogP) is 0.338. The summed E-state index contributed by atoms with van der Waals surface area (Å²) in [6.07, 6.45) is 2.43. The summed E-state index contributed by atoms with van der Waals surface area (Å²) in [5.74, 6) is 0. The first-order valence-electron chi connectivity index (χ1n) is 6.07. The summed E-state index contributed by atoms with van der Waals surface area (Å²) in [5.41, 5.74) is 1.19. The van der Waals surface area contributed by atoms with Gasteiger partial charge < -0.3 is 15.2 Å². The van der Waals surface area contributed by atoms with E-state index in [1.165, 1.54) is 5.69 Å². The van der Waals surface area contributed by atoms with Crippen LogP contribution in [-0.2, 0) is 18.2 Å². The van der Waals surface area contributed by atoms with E-state index in [0.717, 1.165) is 13.0 Å². The molecule has 0 spiro atoms. The number of hydrogen-bond acceptors (Lipinski definition) is 4. The summed E-state index contributed by atoms with van der Waals surface area (Å²) in [6, 6.07) is 2.00. The van der Waals surface area contributed by atoms with Gasteiger partial charge in [-0.1, -0.05) is 0 Å². The van der Waals surface area contributed by atoms with E-state index in [4.69, 9.17) is 4.74 Å². The zero-order chi connectivity index (χ0) is 12.7. The highest BCUT2D eigenvalue weighted by atomic mass is 16.5. The zero-order valence-corrected chi connectivity index (χ0v) is 10.9. The van der Waals surface area contributed by atoms with E-state index in [1.807, 2.05) is 31.6 Å². The average Bonchev–Trinajstić information content (AvgIpc) is 2.68. The highest BCUT2D eigenvalue weighted by Gasteiger charge is 2.05. The van der Waals surface area contributed by atoms with Crippen LogP contribution in [-0.4, -0.2) is 46.8 Å². The summed E-state index contributed by atoms with van der Waals surface area (Å²) in [5, 5.41) is 16.9. The summed E-state index contributed by atoms with van der Waals surface area (Å²) in [4.78, 5) is 0. The van der Waals surface area contributed by atoms with Gasteiger partial charge in [-0.25, -0.2) is 0 Å². The van der Waals surface area contributed by atoms with Crippen LogP contribution in [0.25, 0.3) is 0 Å². The minimum Gasteiger partial charge on any atom is -0.389 e. The molecular formula is C12H23N3O2. The molecular weight excluding hydrogens is 218 g/mol. The molecule has 1 rings (SSSR count). The minimum absolute atomic E-state index is 0.166. The van der Waals surface area contributed by atoms with Gasteiger partial charge in [-0.2, -0.15) is 5.10 Å². The third-order valence-corrected chi connectivity index (χ3v) is 2.48. The third kappa shape index (κ3) is 5.81. The highest BCUT2D eigenvalue weighted by molar-refractivity contribution is 5.00. The van der Waals surface area contributed by atoms with Crippen molar-refractivity contribution in [2.45, 2.75) is 32.5 Å². The topological polar surface area (TPSA) is 59.3 Å². The number of aromatic nitrogens is 2. The Kier molecular flexibility index (Phi) is 6.18. The number of aliphatic hydroxyl groups is 1. The molecule has 98 valence electrons. The minimum atomic E-state index is -0.441. The number of aryl methyl sites for hydroxylation is 1. The van der Waals surface area contributed by atoms with Gasteiger partial charge in [-0.05, 0) is 19.9 Å². The molecule has 2 N–H and O–H groups in total. The standard InChI is InChI=1S/C12H23N3O2/c1-10(2)17-9-12(16)8-13-6-4-11-5-7-14-15(11)3/h5,7,10,12-13,16H,4,6,8-9H2,1-3H3. The lowest BCUT2D eigenvalue weighted by atomic mass is 10.3. The van der Waals surface area contributed by atoms with E-state index >= 15 is 0 Å². The molecule has 0 aliphatic heterocycles. The van der Waals surface area contributed by atoms with Gasteiger partial charge in [0.2, 0.25) is 0 Å². The monoisotopic (exact) mass is 241 g/mol. The number of hydrogen-bond donors (Lipinski definition) is 2. The Bertz CT molecular complexity index is 312. The number of ether oxygens (including phenoxy) is 1. The van der Waals surface area contributed by atoms with Crippen LogP contribution >= 0.6 is 0 Å². The van der Waals surface area contributed by atoms with E-state index in [2.05, 4.69) is 10.4 Å². The SMILES string of the molecule is CC(C)OCC(O)CNCCc1ccnn1C. The second-order valence-electron chi connectivity index (χ2n) is 4.44. The Morgan fingerprint density at radius 3 is 2.88 bits per heavy atom. The van der Waals surface area contributed by atoms with Crippen molar-refractivity contribution in [1.82, 2.24) is 15.1 Å². The van der Waals surface area contributed by atoms with Crippen molar-refractivity contribution in [2.75, 3.05) is 19.7 Å². The van der Waals surface area contributed by atoms with Crippen LogP contribution in [0.4, 0.5) is 0 Å². The van der Waals surface area contributed by atoms with Gasteiger partial charge in [-0.15, -0.1) is 0 Å². The Morgan fingerprint density at radius 1 is 1.53 bits per heavy atom. The molecule has 5 heteroatoms. The maximum atomic E-state index is 9.60. The van der Waals surface area contributed by atoms with Crippen LogP contribution in [0.1, 0.15) is 19.5 Å². The molecule has 0 saturated carbocycles. The molecule has 0 saturated heterocycles. The van der Waals surface area contributed by atoms with Crippen molar-refractivity contribution in [3.63, 3.8) is 0 Å². The average molecular weight is 241 g/mol. The van der Waals surface area contributed by atoms with Gasteiger partial charge in [0, 0.05) is 38.4 Å². The Morgan fingerprint density at radius 2 is 2.29 bits per heavy atom. The van der Waals surface area contributed by atoms with Crippen LogP contribution < -0.4 is 5.32 Å². The molecule has 17 heavy (non-hydrogen) atoms. The first-order valence-corrected chi connectivity index (χ1v) is 6.07. The lowest BCUT2D eigenvalue weighted by Gasteiger charge is -2.14. The van der Waals surface area contributed by atoms with Crippen LogP contribution in [0.15, 0.2) is 12.3 Å². The van der Waals surface area contributed by atoms with Gasteiger partial charge in [0.15, 0.2) is 0 Å². The lowest BCUT2D eigenvalue weighted by Crippen LogP contribution is -2.32. The fourth-order valence-corrected chi connectivity index (χ4v) is 1.49. The fourth-order valence-electron chi connectivity index (χ4n) is 1.49. The van der Waals surface area contributed by atoms with Crippen LogP contribution in [0, 0.1) is 0 Å². The number of rotatable bonds is 8. The van der Waals surface area contributed by atoms with Crippen molar-refractivity contribution in [3.05, 3.63) is 18.0 Å². The van der Waals surface area contributed by atoms with Crippen molar-refractivity contribution in [2.24, 2.45) is 7.05 Å². The molecule has 0 fully saturated rings. The van der Waals surface area contributed by atoms with Gasteiger partial charge in [0.05, 0.1) is 18.8 Å². The number of nitrogens with one attached hydrogen (secondary N) is 1. The normalized spacial score (nSPS) is 13.2. The Labute approximate surface area is 103 Å². The molecule has 0 aliphatic carbocycles. The van der Waals surface area contributed by atoms with Gasteiger partial charge in [-0.3, -0.25) is 4.68 Å². The van der Waals surface area contributed by atoms with Gasteiger partial charge >= 0.3 is 0 Å². The first kappa shape index (κ1) is 14.2. The highest BCUT2D eigenvalue weighted by Crippen LogP contribution is 1.96. The van der Waals surface area contributed by atoms with Crippen molar-refractivity contribution in [3.8, 4) is 0 Å². The van der Waals surface area contributed by atoms with E-state index < -0.39 is 6.10 Å². The van der Waals surface area contributed by atoms with Crippen LogP contribution in [0.3, 0.4) is 0 Å². The molecule has 1 aromatic rings. The van der Waals surface area contributed by atoms with E-state index in [1.54, 1.807) is 6.20 Å². The molecule has 5 nitrogen and oxygen atoms in total. The molecule has 0 aliphatic rings. The van der Waals surface area contributed by atoms with Crippen molar-refractivity contribution >= 4 is 0 Å². The quantitative estimate of drug-likeness (QED) is 0.644. The van der Waals surface area contributed by atoms with E-state index in [-0.39, 0.29) is 6.10 Å². The molecule has 0 radical (unpaired) electrons.